The summed E-state index contributed by atoms with van der Waals surface area (Å²) in [6.45, 7) is 7.41. The first-order valence-electron chi connectivity index (χ1n) is 6.93. The summed E-state index contributed by atoms with van der Waals surface area (Å²) < 4.78 is 32.6. The van der Waals surface area contributed by atoms with Crippen molar-refractivity contribution < 1.29 is 13.2 Å². The van der Waals surface area contributed by atoms with Crippen molar-refractivity contribution in [3.05, 3.63) is 15.8 Å². The lowest BCUT2D eigenvalue weighted by Crippen LogP contribution is -2.34. The van der Waals surface area contributed by atoms with E-state index in [0.717, 1.165) is 23.4 Å². The van der Waals surface area contributed by atoms with Crippen molar-refractivity contribution in [2.24, 2.45) is 0 Å². The van der Waals surface area contributed by atoms with Crippen molar-refractivity contribution in [3.63, 3.8) is 0 Å². The van der Waals surface area contributed by atoms with Gasteiger partial charge >= 0.3 is 0 Å². The predicted octanol–water partition coefficient (Wildman–Crippen LogP) is 1.58. The lowest BCUT2D eigenvalue weighted by atomic mass is 10.3. The number of rotatable bonds is 5. The summed E-state index contributed by atoms with van der Waals surface area (Å²) in [7, 11) is -3.41. The largest absolute Gasteiger partial charge is 0.380 e. The van der Waals surface area contributed by atoms with Crippen LogP contribution in [-0.2, 0) is 21.3 Å². The normalized spacial score (nSPS) is 18.1. The molecule has 0 unspecified atom stereocenters. The van der Waals surface area contributed by atoms with Crippen molar-refractivity contribution in [3.8, 4) is 0 Å². The van der Waals surface area contributed by atoms with Gasteiger partial charge in [0.2, 0.25) is 10.0 Å². The average molecular weight is 318 g/mol. The summed E-state index contributed by atoms with van der Waals surface area (Å²) in [5, 5.41) is 5.13. The first-order valence-corrected chi connectivity index (χ1v) is 9.25. The fourth-order valence-electron chi connectivity index (χ4n) is 2.29. The number of nitrogens with one attached hydrogen (secondary N) is 1. The van der Waals surface area contributed by atoms with Gasteiger partial charge in [-0.15, -0.1) is 11.3 Å². The van der Waals surface area contributed by atoms with Gasteiger partial charge in [-0.05, 0) is 30.8 Å². The minimum atomic E-state index is -3.41. The predicted molar refractivity (Wildman–Crippen MR) is 80.6 cm³/mol. The van der Waals surface area contributed by atoms with Crippen molar-refractivity contribution >= 4 is 21.4 Å². The second-order valence-electron chi connectivity index (χ2n) is 4.82. The Bertz CT molecular complexity index is 532. The fraction of sp³-hybridized carbons (Fsp3) is 0.692. The Morgan fingerprint density at radius 2 is 2.20 bits per heavy atom. The molecule has 0 saturated carbocycles. The molecule has 20 heavy (non-hydrogen) atoms. The molecule has 0 aromatic carbocycles. The van der Waals surface area contributed by atoms with Gasteiger partial charge in [-0.2, -0.15) is 4.31 Å². The van der Waals surface area contributed by atoms with Crippen LogP contribution in [0.2, 0.25) is 0 Å². The number of aryl methyl sites for hydroxylation is 1. The third-order valence-corrected chi connectivity index (χ3v) is 6.67. The molecule has 0 aliphatic carbocycles. The van der Waals surface area contributed by atoms with Gasteiger partial charge in [-0.1, -0.05) is 6.92 Å². The van der Waals surface area contributed by atoms with E-state index in [1.165, 1.54) is 11.3 Å². The Labute approximate surface area is 125 Å². The first kappa shape index (κ1) is 15.9. The van der Waals surface area contributed by atoms with Crippen LogP contribution in [0.3, 0.4) is 0 Å². The highest BCUT2D eigenvalue weighted by atomic mass is 32.2. The first-order chi connectivity index (χ1) is 9.57. The lowest BCUT2D eigenvalue weighted by Gasteiger charge is -2.20. The van der Waals surface area contributed by atoms with E-state index < -0.39 is 10.0 Å². The van der Waals surface area contributed by atoms with E-state index in [2.05, 4.69) is 5.32 Å². The van der Waals surface area contributed by atoms with Crippen molar-refractivity contribution in [1.29, 1.82) is 0 Å². The Morgan fingerprint density at radius 1 is 1.40 bits per heavy atom. The van der Waals surface area contributed by atoms with Crippen LogP contribution in [-0.4, -0.2) is 45.6 Å². The van der Waals surface area contributed by atoms with Crippen molar-refractivity contribution in [2.45, 2.75) is 31.7 Å². The van der Waals surface area contributed by atoms with Gasteiger partial charge in [0.15, 0.2) is 0 Å². The van der Waals surface area contributed by atoms with Gasteiger partial charge in [0.05, 0.1) is 6.61 Å². The highest BCUT2D eigenvalue weighted by Gasteiger charge is 2.30. The van der Waals surface area contributed by atoms with Gasteiger partial charge in [0.25, 0.3) is 0 Å². The number of ether oxygens (including phenoxy) is 1. The van der Waals surface area contributed by atoms with E-state index in [9.17, 15) is 8.42 Å². The zero-order chi connectivity index (χ0) is 14.6. The van der Waals surface area contributed by atoms with E-state index >= 15 is 0 Å². The molecule has 2 heterocycles. The minimum absolute atomic E-state index is 0.443. The summed E-state index contributed by atoms with van der Waals surface area (Å²) >= 11 is 1.51. The van der Waals surface area contributed by atoms with Crippen molar-refractivity contribution in [1.82, 2.24) is 9.62 Å². The van der Waals surface area contributed by atoms with Gasteiger partial charge in [0, 0.05) is 31.1 Å². The molecule has 0 bridgehead atoms. The molecule has 2 rings (SSSR count). The average Bonchev–Trinajstić information content (AvgIpc) is 2.65. The molecule has 5 nitrogen and oxygen atoms in total. The molecule has 1 N–H and O–H groups in total. The number of hydrogen-bond donors (Lipinski definition) is 1. The lowest BCUT2D eigenvalue weighted by molar-refractivity contribution is 0.148. The Hall–Kier alpha value is -0.470. The number of sulfonamides is 1. The van der Waals surface area contributed by atoms with Gasteiger partial charge in [-0.25, -0.2) is 8.42 Å². The van der Waals surface area contributed by atoms with Crippen molar-refractivity contribution in [2.75, 3.05) is 32.8 Å². The molecule has 1 aromatic rings. The molecule has 0 radical (unpaired) electrons. The molecule has 1 fully saturated rings. The SMILES string of the molecule is CCNCc1scc(C)c1S(=O)(=O)N1CCCOCC1. The number of thiophene rings is 1. The zero-order valence-electron chi connectivity index (χ0n) is 12.0. The van der Waals surface area contributed by atoms with Crippen LogP contribution in [0.1, 0.15) is 23.8 Å². The highest BCUT2D eigenvalue weighted by molar-refractivity contribution is 7.89. The number of nitrogens with zero attached hydrogens (tertiary/aromatic N) is 1. The standard InChI is InChI=1S/C13H22N2O3S2/c1-3-14-9-12-13(11(2)10-19-12)20(16,17)15-5-4-7-18-8-6-15/h10,14H,3-9H2,1-2H3. The second kappa shape index (κ2) is 7.00. The third kappa shape index (κ3) is 3.40. The third-order valence-electron chi connectivity index (χ3n) is 3.30. The van der Waals surface area contributed by atoms with E-state index in [4.69, 9.17) is 4.74 Å². The monoisotopic (exact) mass is 318 g/mol. The van der Waals surface area contributed by atoms with Crippen LogP contribution in [0.15, 0.2) is 10.3 Å². The second-order valence-corrected chi connectivity index (χ2v) is 7.66. The Morgan fingerprint density at radius 3 is 2.95 bits per heavy atom. The van der Waals surface area contributed by atoms with Gasteiger partial charge < -0.3 is 10.1 Å². The minimum Gasteiger partial charge on any atom is -0.380 e. The van der Waals surface area contributed by atoms with Crippen LogP contribution >= 0.6 is 11.3 Å². The van der Waals surface area contributed by atoms with E-state index in [-0.39, 0.29) is 0 Å². The summed E-state index contributed by atoms with van der Waals surface area (Å²) in [4.78, 5) is 1.39. The zero-order valence-corrected chi connectivity index (χ0v) is 13.6. The topological polar surface area (TPSA) is 58.6 Å². The summed E-state index contributed by atoms with van der Waals surface area (Å²) in [5.74, 6) is 0. The summed E-state index contributed by atoms with van der Waals surface area (Å²) in [6, 6.07) is 0. The van der Waals surface area contributed by atoms with Crippen LogP contribution in [0.5, 0.6) is 0 Å². The smallest absolute Gasteiger partial charge is 0.244 e. The van der Waals surface area contributed by atoms with Gasteiger partial charge in [-0.3, -0.25) is 0 Å². The van der Waals surface area contributed by atoms with E-state index in [0.29, 0.717) is 37.7 Å². The summed E-state index contributed by atoms with van der Waals surface area (Å²) in [6.07, 6.45) is 0.755. The molecule has 0 amide bonds. The van der Waals surface area contributed by atoms with Crippen LogP contribution in [0, 0.1) is 6.92 Å². The fourth-order valence-corrected chi connectivity index (χ4v) is 5.48. The molecular formula is C13H22N2O3S2. The molecule has 1 aromatic heterocycles. The molecule has 0 atom stereocenters. The van der Waals surface area contributed by atoms with Crippen LogP contribution < -0.4 is 5.32 Å². The maximum absolute atomic E-state index is 12.9. The molecule has 1 aliphatic heterocycles. The molecule has 114 valence electrons. The van der Waals surface area contributed by atoms with E-state index in [1.54, 1.807) is 4.31 Å². The molecular weight excluding hydrogens is 296 g/mol. The maximum Gasteiger partial charge on any atom is 0.244 e. The Balaban J connectivity index is 2.30. The number of hydrogen-bond acceptors (Lipinski definition) is 5. The summed E-state index contributed by atoms with van der Waals surface area (Å²) in [5.41, 5.74) is 0.841. The molecule has 1 saturated heterocycles. The van der Waals surface area contributed by atoms with E-state index in [1.807, 2.05) is 19.2 Å². The molecule has 0 spiro atoms. The molecule has 7 heteroatoms. The maximum atomic E-state index is 12.9. The van der Waals surface area contributed by atoms with Crippen LogP contribution in [0.4, 0.5) is 0 Å². The Kier molecular flexibility index (Phi) is 5.57. The molecule has 1 aliphatic rings. The van der Waals surface area contributed by atoms with Crippen LogP contribution in [0.25, 0.3) is 0 Å². The van der Waals surface area contributed by atoms with Gasteiger partial charge in [0.1, 0.15) is 4.90 Å². The quantitative estimate of drug-likeness (QED) is 0.895. The highest BCUT2D eigenvalue weighted by Crippen LogP contribution is 2.29.